The number of nitrogens with zero attached hydrogens (tertiary/aromatic N) is 2. The molecular formula is C22H16BrCl2N3O3. The average Bonchev–Trinajstić information content (AvgIpc) is 3.36. The monoisotopic (exact) mass is 519 g/mol. The maximum Gasteiger partial charge on any atom is 0.292 e. The molecule has 0 atom stereocenters. The maximum atomic E-state index is 12.5. The molecule has 4 rings (SSSR count). The Balaban J connectivity index is 1.39. The lowest BCUT2D eigenvalue weighted by atomic mass is 10.2. The van der Waals surface area contributed by atoms with Crippen LogP contribution in [0.4, 0.5) is 5.82 Å². The van der Waals surface area contributed by atoms with Crippen LogP contribution < -0.4 is 10.1 Å². The summed E-state index contributed by atoms with van der Waals surface area (Å²) in [7, 11) is 0. The number of hydrogen-bond acceptors (Lipinski definition) is 4. The number of aromatic nitrogens is 2. The molecule has 2 heterocycles. The van der Waals surface area contributed by atoms with E-state index in [-0.39, 0.29) is 18.2 Å². The van der Waals surface area contributed by atoms with Gasteiger partial charge in [-0.25, -0.2) is 0 Å². The Morgan fingerprint density at radius 3 is 2.65 bits per heavy atom. The molecule has 1 N–H and O–H groups in total. The zero-order valence-corrected chi connectivity index (χ0v) is 19.1. The highest BCUT2D eigenvalue weighted by Gasteiger charge is 2.16. The Bertz CT molecular complexity index is 1220. The van der Waals surface area contributed by atoms with Gasteiger partial charge in [0.05, 0.1) is 11.0 Å². The number of amides is 1. The molecule has 0 fully saturated rings. The molecule has 0 aliphatic carbocycles. The van der Waals surface area contributed by atoms with E-state index in [0.717, 1.165) is 10.0 Å². The predicted octanol–water partition coefficient (Wildman–Crippen LogP) is 6.43. The fraction of sp³-hybridized carbons (Fsp3) is 0.0909. The first-order valence-corrected chi connectivity index (χ1v) is 10.8. The van der Waals surface area contributed by atoms with E-state index in [4.69, 9.17) is 32.4 Å². The van der Waals surface area contributed by atoms with Crippen LogP contribution in [0.15, 0.2) is 75.8 Å². The van der Waals surface area contributed by atoms with Crippen LogP contribution in [0.1, 0.15) is 21.9 Å². The summed E-state index contributed by atoms with van der Waals surface area (Å²) in [5.41, 5.74) is 0.891. The molecule has 0 bridgehead atoms. The van der Waals surface area contributed by atoms with Gasteiger partial charge in [0.25, 0.3) is 5.91 Å². The van der Waals surface area contributed by atoms with Crippen LogP contribution in [-0.4, -0.2) is 15.7 Å². The van der Waals surface area contributed by atoms with Crippen LogP contribution in [0.2, 0.25) is 10.0 Å². The third kappa shape index (κ3) is 5.31. The van der Waals surface area contributed by atoms with E-state index in [9.17, 15) is 4.79 Å². The smallest absolute Gasteiger partial charge is 0.292 e. The standard InChI is InChI=1S/C22H16BrCl2N3O3/c23-16-6-2-4-8-19(16)30-13-15-9-10-20(31-15)22(29)26-21-18(25)12-28(27-21)11-14-5-1-3-7-17(14)24/h1-10,12H,11,13H2,(H,26,27,29). The van der Waals surface area contributed by atoms with Gasteiger partial charge in [-0.3, -0.25) is 9.48 Å². The Kier molecular flexibility index (Phi) is 6.65. The molecule has 9 heteroatoms. The number of carbonyl (C=O) groups excluding carboxylic acids is 1. The van der Waals surface area contributed by atoms with Crippen molar-refractivity contribution in [1.82, 2.24) is 9.78 Å². The minimum Gasteiger partial charge on any atom is -0.484 e. The number of rotatable bonds is 7. The summed E-state index contributed by atoms with van der Waals surface area (Å²) in [5.74, 6) is 1.10. The van der Waals surface area contributed by atoms with Gasteiger partial charge >= 0.3 is 0 Å². The van der Waals surface area contributed by atoms with Gasteiger partial charge in [0, 0.05) is 11.2 Å². The minimum absolute atomic E-state index is 0.127. The Morgan fingerprint density at radius 1 is 1.06 bits per heavy atom. The molecule has 0 spiro atoms. The lowest BCUT2D eigenvalue weighted by Crippen LogP contribution is -2.12. The lowest BCUT2D eigenvalue weighted by molar-refractivity contribution is 0.0992. The van der Waals surface area contributed by atoms with Crippen molar-refractivity contribution >= 4 is 50.9 Å². The summed E-state index contributed by atoms with van der Waals surface area (Å²) in [4.78, 5) is 12.5. The van der Waals surface area contributed by atoms with Crippen molar-refractivity contribution in [2.45, 2.75) is 13.2 Å². The molecule has 1 amide bonds. The predicted molar refractivity (Wildman–Crippen MR) is 123 cm³/mol. The van der Waals surface area contributed by atoms with Gasteiger partial charge < -0.3 is 14.5 Å². The number of carbonyl (C=O) groups is 1. The summed E-state index contributed by atoms with van der Waals surface area (Å²) in [6.07, 6.45) is 1.62. The zero-order valence-electron chi connectivity index (χ0n) is 16.0. The second kappa shape index (κ2) is 9.60. The number of nitrogens with one attached hydrogen (secondary N) is 1. The number of para-hydroxylation sites is 1. The molecule has 0 aliphatic rings. The van der Waals surface area contributed by atoms with Gasteiger partial charge in [0.15, 0.2) is 11.6 Å². The molecule has 31 heavy (non-hydrogen) atoms. The summed E-state index contributed by atoms with van der Waals surface area (Å²) >= 11 is 15.8. The third-order valence-electron chi connectivity index (χ3n) is 4.33. The zero-order chi connectivity index (χ0) is 21.8. The number of hydrogen-bond donors (Lipinski definition) is 1. The molecule has 4 aromatic rings. The van der Waals surface area contributed by atoms with Crippen molar-refractivity contribution in [2.24, 2.45) is 0 Å². The molecule has 0 aliphatic heterocycles. The van der Waals surface area contributed by atoms with Crippen LogP contribution in [0, 0.1) is 0 Å². The van der Waals surface area contributed by atoms with E-state index in [1.165, 1.54) is 0 Å². The fourth-order valence-electron chi connectivity index (χ4n) is 2.82. The first-order chi connectivity index (χ1) is 15.0. The highest BCUT2D eigenvalue weighted by molar-refractivity contribution is 9.10. The van der Waals surface area contributed by atoms with Gasteiger partial charge in [-0.1, -0.05) is 53.5 Å². The number of ether oxygens (including phenoxy) is 1. The molecule has 158 valence electrons. The molecule has 2 aromatic carbocycles. The first kappa shape index (κ1) is 21.5. The van der Waals surface area contributed by atoms with Gasteiger partial charge in [-0.2, -0.15) is 5.10 Å². The second-order valence-electron chi connectivity index (χ2n) is 6.55. The van der Waals surface area contributed by atoms with E-state index in [2.05, 4.69) is 26.3 Å². The van der Waals surface area contributed by atoms with Crippen molar-refractivity contribution in [1.29, 1.82) is 0 Å². The van der Waals surface area contributed by atoms with E-state index < -0.39 is 5.91 Å². The summed E-state index contributed by atoms with van der Waals surface area (Å²) < 4.78 is 13.7. The third-order valence-corrected chi connectivity index (χ3v) is 5.63. The van der Waals surface area contributed by atoms with Crippen molar-refractivity contribution in [3.05, 3.63) is 98.5 Å². The highest BCUT2D eigenvalue weighted by Crippen LogP contribution is 2.26. The molecule has 2 aromatic heterocycles. The molecular weight excluding hydrogens is 505 g/mol. The lowest BCUT2D eigenvalue weighted by Gasteiger charge is -2.06. The highest BCUT2D eigenvalue weighted by atomic mass is 79.9. The van der Waals surface area contributed by atoms with E-state index in [0.29, 0.717) is 28.1 Å². The van der Waals surface area contributed by atoms with Gasteiger partial charge in [0.1, 0.15) is 23.1 Å². The number of halogens is 3. The summed E-state index contributed by atoms with van der Waals surface area (Å²) in [5, 5.41) is 7.93. The van der Waals surface area contributed by atoms with E-state index in [1.807, 2.05) is 42.5 Å². The van der Waals surface area contributed by atoms with Gasteiger partial charge in [-0.15, -0.1) is 0 Å². The summed E-state index contributed by atoms with van der Waals surface area (Å²) in [6.45, 7) is 0.607. The van der Waals surface area contributed by atoms with Crippen LogP contribution in [-0.2, 0) is 13.2 Å². The van der Waals surface area contributed by atoms with Crippen molar-refractivity contribution < 1.29 is 13.9 Å². The first-order valence-electron chi connectivity index (χ1n) is 9.23. The number of anilines is 1. The molecule has 0 saturated heterocycles. The number of furan rings is 1. The van der Waals surface area contributed by atoms with Crippen molar-refractivity contribution in [3.8, 4) is 5.75 Å². The van der Waals surface area contributed by atoms with Crippen LogP contribution in [0.5, 0.6) is 5.75 Å². The van der Waals surface area contributed by atoms with Gasteiger partial charge in [-0.05, 0) is 51.8 Å². The topological polar surface area (TPSA) is 69.3 Å². The fourth-order valence-corrected chi connectivity index (χ4v) is 3.61. The SMILES string of the molecule is O=C(Nc1nn(Cc2ccccc2Cl)cc1Cl)c1ccc(COc2ccccc2Br)o1. The van der Waals surface area contributed by atoms with Crippen molar-refractivity contribution in [3.63, 3.8) is 0 Å². The largest absolute Gasteiger partial charge is 0.484 e. The van der Waals surface area contributed by atoms with Gasteiger partial charge in [0.2, 0.25) is 0 Å². The molecule has 0 unspecified atom stereocenters. The summed E-state index contributed by atoms with van der Waals surface area (Å²) in [6, 6.07) is 18.2. The Labute approximate surface area is 196 Å². The second-order valence-corrected chi connectivity index (χ2v) is 8.22. The molecule has 0 saturated carbocycles. The average molecular weight is 521 g/mol. The van der Waals surface area contributed by atoms with Crippen molar-refractivity contribution in [2.75, 3.05) is 5.32 Å². The van der Waals surface area contributed by atoms with E-state index in [1.54, 1.807) is 29.1 Å². The molecule has 6 nitrogen and oxygen atoms in total. The number of benzene rings is 2. The van der Waals surface area contributed by atoms with Crippen LogP contribution >= 0.6 is 39.1 Å². The normalized spacial score (nSPS) is 10.8. The minimum atomic E-state index is -0.461. The quantitative estimate of drug-likeness (QED) is 0.305. The van der Waals surface area contributed by atoms with E-state index >= 15 is 0 Å². The maximum absolute atomic E-state index is 12.5. The Hall–Kier alpha value is -2.74. The van der Waals surface area contributed by atoms with Crippen LogP contribution in [0.25, 0.3) is 0 Å². The molecule has 0 radical (unpaired) electrons. The van der Waals surface area contributed by atoms with Crippen LogP contribution in [0.3, 0.4) is 0 Å². The Morgan fingerprint density at radius 2 is 1.84 bits per heavy atom.